The van der Waals surface area contributed by atoms with Crippen LogP contribution in [0.4, 0.5) is 14.6 Å². The molecule has 1 aromatic heterocycles. The van der Waals surface area contributed by atoms with E-state index in [0.29, 0.717) is 3.57 Å². The molecule has 0 amide bonds. The number of halogens is 3. The van der Waals surface area contributed by atoms with Gasteiger partial charge < -0.3 is 5.73 Å². The Morgan fingerprint density at radius 3 is 2.69 bits per heavy atom. The number of carbonyl (C=O) groups is 1. The Labute approximate surface area is 86.5 Å². The third-order valence-corrected chi connectivity index (χ3v) is 2.27. The molecule has 0 saturated heterocycles. The second kappa shape index (κ2) is 3.95. The topological polar surface area (TPSA) is 56.0 Å². The van der Waals surface area contributed by atoms with Crippen LogP contribution < -0.4 is 5.73 Å². The molecule has 0 bridgehead atoms. The number of pyridine rings is 1. The van der Waals surface area contributed by atoms with Crippen LogP contribution in [0.5, 0.6) is 0 Å². The molecular weight excluding hydrogens is 293 g/mol. The fourth-order valence-corrected chi connectivity index (χ4v) is 1.26. The number of nitrogen functional groups attached to an aromatic ring is 1. The van der Waals surface area contributed by atoms with Crippen LogP contribution in [0.1, 0.15) is 22.5 Å². The summed E-state index contributed by atoms with van der Waals surface area (Å²) in [6, 6.07) is 1.16. The Bertz CT molecular complexity index is 344. The Kier molecular flexibility index (Phi) is 3.12. The summed E-state index contributed by atoms with van der Waals surface area (Å²) in [5.74, 6) is 0.0899. The summed E-state index contributed by atoms with van der Waals surface area (Å²) in [4.78, 5) is 13.9. The van der Waals surface area contributed by atoms with Crippen LogP contribution in [0.25, 0.3) is 0 Å². The maximum absolute atomic E-state index is 12.3. The zero-order valence-corrected chi connectivity index (χ0v) is 8.46. The summed E-state index contributed by atoms with van der Waals surface area (Å²) in [5.41, 5.74) is 4.66. The molecule has 1 rings (SSSR count). The molecule has 70 valence electrons. The molecule has 0 aliphatic heterocycles. The third kappa shape index (κ3) is 2.11. The monoisotopic (exact) mass is 298 g/mol. The van der Waals surface area contributed by atoms with Crippen molar-refractivity contribution < 1.29 is 13.6 Å². The van der Waals surface area contributed by atoms with Gasteiger partial charge in [0.15, 0.2) is 6.29 Å². The summed E-state index contributed by atoms with van der Waals surface area (Å²) in [6.07, 6.45) is -2.43. The predicted molar refractivity (Wildman–Crippen MR) is 51.7 cm³/mol. The molecule has 1 heterocycles. The van der Waals surface area contributed by atoms with E-state index in [2.05, 4.69) is 4.98 Å². The minimum atomic E-state index is -2.71. The van der Waals surface area contributed by atoms with E-state index in [0.717, 1.165) is 6.07 Å². The summed E-state index contributed by atoms with van der Waals surface area (Å²) >= 11 is 1.78. The summed E-state index contributed by atoms with van der Waals surface area (Å²) in [7, 11) is 0. The number of hydrogen-bond acceptors (Lipinski definition) is 3. The lowest BCUT2D eigenvalue weighted by molar-refractivity contribution is 0.110. The largest absolute Gasteiger partial charge is 0.383 e. The lowest BCUT2D eigenvalue weighted by Crippen LogP contribution is -2.03. The highest BCUT2D eigenvalue weighted by atomic mass is 127. The number of anilines is 1. The van der Waals surface area contributed by atoms with Gasteiger partial charge in [0.2, 0.25) is 0 Å². The van der Waals surface area contributed by atoms with Gasteiger partial charge in [-0.1, -0.05) is 0 Å². The van der Waals surface area contributed by atoms with E-state index >= 15 is 0 Å². The fraction of sp³-hybridized carbons (Fsp3) is 0.143. The molecular formula is C7H5F2IN2O. The summed E-state index contributed by atoms with van der Waals surface area (Å²) in [6.45, 7) is 0. The van der Waals surface area contributed by atoms with Gasteiger partial charge >= 0.3 is 0 Å². The number of nitrogens with zero attached hydrogens (tertiary/aromatic N) is 1. The van der Waals surface area contributed by atoms with Crippen molar-refractivity contribution in [2.75, 3.05) is 5.73 Å². The van der Waals surface area contributed by atoms with Crippen LogP contribution >= 0.6 is 22.6 Å². The maximum atomic E-state index is 12.3. The molecule has 0 saturated carbocycles. The molecule has 3 nitrogen and oxygen atoms in total. The normalized spacial score (nSPS) is 10.5. The molecule has 0 aliphatic rings. The Morgan fingerprint density at radius 1 is 1.62 bits per heavy atom. The van der Waals surface area contributed by atoms with Crippen molar-refractivity contribution in [3.8, 4) is 0 Å². The lowest BCUT2D eigenvalue weighted by atomic mass is 10.2. The average Bonchev–Trinajstić information content (AvgIpc) is 2.08. The molecule has 0 aromatic carbocycles. The van der Waals surface area contributed by atoms with Crippen LogP contribution in [-0.4, -0.2) is 11.3 Å². The van der Waals surface area contributed by atoms with Crippen LogP contribution in [0.3, 0.4) is 0 Å². The zero-order valence-electron chi connectivity index (χ0n) is 6.30. The van der Waals surface area contributed by atoms with Gasteiger partial charge in [0.1, 0.15) is 11.5 Å². The quantitative estimate of drug-likeness (QED) is 0.671. The minimum absolute atomic E-state index is 0.0899. The van der Waals surface area contributed by atoms with Crippen molar-refractivity contribution in [1.82, 2.24) is 4.98 Å². The first-order valence-electron chi connectivity index (χ1n) is 3.25. The number of rotatable bonds is 2. The summed E-state index contributed by atoms with van der Waals surface area (Å²) in [5, 5.41) is 0. The van der Waals surface area contributed by atoms with Crippen LogP contribution in [0, 0.1) is 3.57 Å². The molecule has 0 radical (unpaired) electrons. The second-order valence-corrected chi connectivity index (χ2v) is 3.41. The number of aldehydes is 1. The molecule has 6 heteroatoms. The highest BCUT2D eigenvalue weighted by Gasteiger charge is 2.15. The number of hydrogen-bond donors (Lipinski definition) is 1. The van der Waals surface area contributed by atoms with Gasteiger partial charge in [-0.15, -0.1) is 0 Å². The fourth-order valence-electron chi connectivity index (χ4n) is 0.801. The maximum Gasteiger partial charge on any atom is 0.266 e. The van der Waals surface area contributed by atoms with Gasteiger partial charge in [-0.3, -0.25) is 4.79 Å². The predicted octanol–water partition coefficient (Wildman–Crippen LogP) is 2.02. The Balaban J connectivity index is 3.32. The van der Waals surface area contributed by atoms with Crippen molar-refractivity contribution >= 4 is 34.7 Å². The Hall–Kier alpha value is -0.790. The van der Waals surface area contributed by atoms with Crippen LogP contribution in [0.2, 0.25) is 0 Å². The van der Waals surface area contributed by atoms with Crippen molar-refractivity contribution in [2.45, 2.75) is 6.43 Å². The number of nitrogens with two attached hydrogens (primary N) is 1. The van der Waals surface area contributed by atoms with Crippen molar-refractivity contribution in [2.24, 2.45) is 0 Å². The van der Waals surface area contributed by atoms with Gasteiger partial charge in [-0.2, -0.15) is 0 Å². The van der Waals surface area contributed by atoms with E-state index in [4.69, 9.17) is 5.73 Å². The molecule has 0 fully saturated rings. The van der Waals surface area contributed by atoms with Crippen molar-refractivity contribution in [3.63, 3.8) is 0 Å². The van der Waals surface area contributed by atoms with E-state index in [1.54, 1.807) is 22.6 Å². The summed E-state index contributed by atoms with van der Waals surface area (Å²) < 4.78 is 25.0. The van der Waals surface area contributed by atoms with Gasteiger partial charge in [-0.25, -0.2) is 13.8 Å². The average molecular weight is 298 g/mol. The first kappa shape index (κ1) is 10.3. The molecule has 13 heavy (non-hydrogen) atoms. The van der Waals surface area contributed by atoms with Crippen LogP contribution in [0.15, 0.2) is 6.07 Å². The highest BCUT2D eigenvalue weighted by molar-refractivity contribution is 14.1. The SMILES string of the molecule is Nc1nc(C=O)c(C(F)F)cc1I. The van der Waals surface area contributed by atoms with E-state index < -0.39 is 6.43 Å². The van der Waals surface area contributed by atoms with E-state index in [1.807, 2.05) is 0 Å². The van der Waals surface area contributed by atoms with E-state index in [-0.39, 0.29) is 23.4 Å². The second-order valence-electron chi connectivity index (χ2n) is 2.25. The molecule has 1 aromatic rings. The molecule has 2 N–H and O–H groups in total. The van der Waals surface area contributed by atoms with Crippen molar-refractivity contribution in [3.05, 3.63) is 20.9 Å². The van der Waals surface area contributed by atoms with Crippen molar-refractivity contribution in [1.29, 1.82) is 0 Å². The first-order chi connectivity index (χ1) is 6.06. The van der Waals surface area contributed by atoms with Gasteiger partial charge in [0.05, 0.1) is 3.57 Å². The van der Waals surface area contributed by atoms with Gasteiger partial charge in [0, 0.05) is 5.56 Å². The number of aromatic nitrogens is 1. The third-order valence-electron chi connectivity index (χ3n) is 1.41. The molecule has 0 atom stereocenters. The van der Waals surface area contributed by atoms with E-state index in [1.165, 1.54) is 0 Å². The number of carbonyl (C=O) groups excluding carboxylic acids is 1. The minimum Gasteiger partial charge on any atom is -0.383 e. The molecule has 0 spiro atoms. The Morgan fingerprint density at radius 2 is 2.23 bits per heavy atom. The van der Waals surface area contributed by atoms with E-state index in [9.17, 15) is 13.6 Å². The first-order valence-corrected chi connectivity index (χ1v) is 4.33. The lowest BCUT2D eigenvalue weighted by Gasteiger charge is -2.05. The molecule has 0 aliphatic carbocycles. The zero-order chi connectivity index (χ0) is 10.0. The highest BCUT2D eigenvalue weighted by Crippen LogP contribution is 2.24. The standard InChI is InChI=1S/C7H5F2IN2O/c8-6(9)3-1-4(10)7(11)12-5(3)2-13/h1-2,6H,(H2,11,12). The molecule has 0 unspecified atom stereocenters. The van der Waals surface area contributed by atoms with Gasteiger partial charge in [0.25, 0.3) is 6.43 Å². The van der Waals surface area contributed by atoms with Gasteiger partial charge in [-0.05, 0) is 28.7 Å². The smallest absolute Gasteiger partial charge is 0.266 e. The number of alkyl halides is 2. The van der Waals surface area contributed by atoms with Crippen LogP contribution in [-0.2, 0) is 0 Å².